The third-order valence-electron chi connectivity index (χ3n) is 10.8. The van der Waals surface area contributed by atoms with Crippen molar-refractivity contribution < 1.29 is 72.1 Å². The number of carbonyl (C=O) groups is 5. The van der Waals surface area contributed by atoms with Gasteiger partial charge in [-0.3, -0.25) is 19.2 Å². The van der Waals surface area contributed by atoms with Gasteiger partial charge in [0, 0.05) is 45.6 Å². The van der Waals surface area contributed by atoms with E-state index in [2.05, 4.69) is 0 Å². The van der Waals surface area contributed by atoms with E-state index in [0.29, 0.717) is 12.7 Å². The number of hydrogen-bond donors (Lipinski definition) is 2. The van der Waals surface area contributed by atoms with Gasteiger partial charge >= 0.3 is 17.9 Å². The summed E-state index contributed by atoms with van der Waals surface area (Å²) in [5.41, 5.74) is -1.51. The Balaban J connectivity index is 0.0000120. The predicted molar refractivity (Wildman–Crippen MR) is 216 cm³/mol. The second-order valence-electron chi connectivity index (χ2n) is 16.8. The molecule has 0 spiro atoms. The lowest BCUT2D eigenvalue weighted by Crippen LogP contribution is -2.66. The summed E-state index contributed by atoms with van der Waals surface area (Å²) < 4.78 is 48.4. The number of methoxy groups -OCH3 is 1. The van der Waals surface area contributed by atoms with Crippen molar-refractivity contribution >= 4 is 42.4 Å². The van der Waals surface area contributed by atoms with Crippen molar-refractivity contribution in [2.24, 2.45) is 17.8 Å². The van der Waals surface area contributed by atoms with Gasteiger partial charge in [-0.15, -0.1) is 12.4 Å². The van der Waals surface area contributed by atoms with Gasteiger partial charge in [0.1, 0.15) is 42.4 Å². The van der Waals surface area contributed by atoms with Crippen LogP contribution in [0.5, 0.6) is 0 Å². The molecule has 0 aromatic rings. The van der Waals surface area contributed by atoms with Crippen LogP contribution in [0.3, 0.4) is 0 Å². The zero-order valence-corrected chi connectivity index (χ0v) is 37.2. The van der Waals surface area contributed by atoms with E-state index >= 15 is 0 Å². The molecule has 17 heteroatoms. The van der Waals surface area contributed by atoms with Crippen LogP contribution in [0, 0.1) is 17.8 Å². The number of cyclic esters (lactones) is 1. The highest BCUT2D eigenvalue weighted by atomic mass is 35.5. The molecule has 15 atom stereocenters. The summed E-state index contributed by atoms with van der Waals surface area (Å²) in [6.07, 6.45) is -4.02. The molecule has 0 unspecified atom stereocenters. The zero-order chi connectivity index (χ0) is 43.5. The second kappa shape index (κ2) is 24.0. The van der Waals surface area contributed by atoms with Gasteiger partial charge in [-0.2, -0.15) is 0 Å². The molecule has 2 fully saturated rings. The fourth-order valence-corrected chi connectivity index (χ4v) is 7.98. The average molecular weight is 862 g/mol. The highest BCUT2D eigenvalue weighted by Gasteiger charge is 2.53. The van der Waals surface area contributed by atoms with Gasteiger partial charge in [0.05, 0.1) is 30.8 Å². The number of nitrogens with zero attached hydrogens (tertiary/aromatic N) is 1. The van der Waals surface area contributed by atoms with Crippen LogP contribution in [0.4, 0.5) is 0 Å². The molecule has 338 valence electrons. The van der Waals surface area contributed by atoms with Gasteiger partial charge in [-0.1, -0.05) is 39.0 Å². The number of likely N-dealkylation sites (N-methyl/N-ethyl adjacent to an activating group) is 1. The smallest absolute Gasteiger partial charge is 0.309 e. The Morgan fingerprint density at radius 1 is 1.02 bits per heavy atom. The molecule has 3 rings (SSSR count). The molecule has 0 bridgehead atoms. The van der Waals surface area contributed by atoms with Crippen LogP contribution in [0.1, 0.15) is 93.9 Å². The lowest BCUT2D eigenvalue weighted by Gasteiger charge is -2.50. The number of hydrogen-bond acceptors (Lipinski definition) is 16. The predicted octanol–water partition coefficient (Wildman–Crippen LogP) is 3.64. The molecule has 3 aliphatic rings. The summed E-state index contributed by atoms with van der Waals surface area (Å²) in [4.78, 5) is 65.4. The lowest BCUT2D eigenvalue weighted by atomic mass is 9.83. The molecule has 0 aromatic carbocycles. The summed E-state index contributed by atoms with van der Waals surface area (Å²) in [6.45, 7) is 13.4. The van der Waals surface area contributed by atoms with Crippen LogP contribution in [0.25, 0.3) is 0 Å². The normalized spacial score (nSPS) is 38.8. The van der Waals surface area contributed by atoms with Crippen LogP contribution < -0.4 is 0 Å². The minimum atomic E-state index is -1.51. The van der Waals surface area contributed by atoms with Gasteiger partial charge < -0.3 is 57.8 Å². The molecular weight excluding hydrogens is 794 g/mol. The molecule has 0 saturated carbocycles. The van der Waals surface area contributed by atoms with E-state index in [1.165, 1.54) is 20.1 Å². The quantitative estimate of drug-likeness (QED) is 0.163. The van der Waals surface area contributed by atoms with Gasteiger partial charge in [0.2, 0.25) is 0 Å². The summed E-state index contributed by atoms with van der Waals surface area (Å²) >= 11 is 0. The van der Waals surface area contributed by atoms with Crippen molar-refractivity contribution in [1.29, 1.82) is 0 Å². The number of allylic oxidation sites excluding steroid dienone is 3. The summed E-state index contributed by atoms with van der Waals surface area (Å²) in [5, 5.41) is 23.5. The Morgan fingerprint density at radius 3 is 2.27 bits per heavy atom. The van der Waals surface area contributed by atoms with Crippen LogP contribution in [0.15, 0.2) is 24.3 Å². The van der Waals surface area contributed by atoms with Crippen molar-refractivity contribution in [3.63, 3.8) is 0 Å². The maximum absolute atomic E-state index is 13.2. The molecule has 0 aliphatic carbocycles. The van der Waals surface area contributed by atoms with Crippen LogP contribution in [-0.2, 0) is 61.9 Å². The molecule has 0 radical (unpaired) electrons. The van der Waals surface area contributed by atoms with Crippen molar-refractivity contribution in [2.45, 2.75) is 173 Å². The second-order valence-corrected chi connectivity index (χ2v) is 16.8. The molecule has 2 saturated heterocycles. The Kier molecular flexibility index (Phi) is 21.3. The molecular formula is C42H68ClNO15. The van der Waals surface area contributed by atoms with E-state index in [1.54, 1.807) is 71.8 Å². The van der Waals surface area contributed by atoms with E-state index in [0.717, 1.165) is 0 Å². The minimum Gasteiger partial charge on any atom is -0.462 e. The molecule has 0 amide bonds. The van der Waals surface area contributed by atoms with Crippen molar-refractivity contribution in [1.82, 2.24) is 4.90 Å². The first kappa shape index (κ1) is 52.3. The summed E-state index contributed by atoms with van der Waals surface area (Å²) in [7, 11) is 4.82. The van der Waals surface area contributed by atoms with Gasteiger partial charge in [-0.25, -0.2) is 0 Å². The molecule has 3 heterocycles. The number of halogens is 1. The van der Waals surface area contributed by atoms with Crippen molar-refractivity contribution in [3.8, 4) is 0 Å². The summed E-state index contributed by atoms with van der Waals surface area (Å²) in [5.74, 6) is -3.31. The molecule has 16 nitrogen and oxygen atoms in total. The van der Waals surface area contributed by atoms with Crippen molar-refractivity contribution in [3.05, 3.63) is 24.3 Å². The average Bonchev–Trinajstić information content (AvgIpc) is 3.09. The molecule has 3 aliphatic heterocycles. The highest BCUT2D eigenvalue weighted by Crippen LogP contribution is 2.37. The number of aliphatic hydroxyl groups excluding tert-OH is 1. The maximum Gasteiger partial charge on any atom is 0.309 e. The third kappa shape index (κ3) is 15.3. The van der Waals surface area contributed by atoms with Crippen LogP contribution in [-0.4, -0.2) is 145 Å². The van der Waals surface area contributed by atoms with E-state index in [9.17, 15) is 34.2 Å². The molecule has 0 aromatic heterocycles. The standard InChI is InChI=1S/C42H67NO15.ClH/c1-23(2)19-32(47)56-40-27(6)53-34(22-42(40,8)50)57-37-26(5)54-41(36(49)35(37)43(9)10)58-38-29(17-18-44)20-24(3)30(46)16-14-12-13-15-25(4)52-33(48)21-31(39(38)51-11)55-28(7)45;/h12-14,16,18,23-27,29,31,34-41,49-50H,15,17,19-22H2,1-11H3;1H/b13-12+,16-14+;/t24-,25-,26-,27+,29+,31-,34+,35-,36-,37-,38+,39+,40+,41+,42-;/m1./s1. The maximum atomic E-state index is 13.2. The Labute approximate surface area is 355 Å². The lowest BCUT2D eigenvalue weighted by molar-refractivity contribution is -0.344. The SMILES string of the molecule is CO[C@@H]1[C@@H](O[C@@H]2O[C@H](C)[C@@H](O[C@H]3C[C@@](C)(O)[C@@H](OC(=O)CC(C)C)[C@H](C)O3)[C@H](N(C)C)[C@H]2O)[C@@H](CC=O)C[C@@H](C)C(=O)/C=C/C=C/C[C@@H](C)OC(=O)C[C@H]1OC(C)=O.Cl. The largest absolute Gasteiger partial charge is 0.462 e. The van der Waals surface area contributed by atoms with Gasteiger partial charge in [-0.05, 0) is 66.1 Å². The molecule has 59 heavy (non-hydrogen) atoms. The number of esters is 3. The Hall–Kier alpha value is -2.80. The number of rotatable bonds is 12. The Bertz CT molecular complexity index is 1440. The van der Waals surface area contributed by atoms with E-state index in [1.807, 2.05) is 13.8 Å². The van der Waals surface area contributed by atoms with Crippen LogP contribution >= 0.6 is 12.4 Å². The van der Waals surface area contributed by atoms with Crippen LogP contribution in [0.2, 0.25) is 0 Å². The number of ketones is 1. The molecule has 2 N–H and O–H groups in total. The van der Waals surface area contributed by atoms with E-state index < -0.39 is 115 Å². The van der Waals surface area contributed by atoms with E-state index in [4.69, 9.17) is 37.9 Å². The fourth-order valence-electron chi connectivity index (χ4n) is 7.98. The first-order valence-corrected chi connectivity index (χ1v) is 20.3. The minimum absolute atomic E-state index is 0. The monoisotopic (exact) mass is 861 g/mol. The number of ether oxygens (including phenoxy) is 8. The van der Waals surface area contributed by atoms with E-state index in [-0.39, 0.29) is 49.8 Å². The third-order valence-corrected chi connectivity index (χ3v) is 10.8. The van der Waals surface area contributed by atoms with Gasteiger partial charge in [0.25, 0.3) is 0 Å². The zero-order valence-electron chi connectivity index (χ0n) is 36.3. The highest BCUT2D eigenvalue weighted by molar-refractivity contribution is 5.91. The first-order chi connectivity index (χ1) is 27.2. The summed E-state index contributed by atoms with van der Waals surface area (Å²) in [6, 6.07) is -0.796. The topological polar surface area (TPSA) is 203 Å². The Morgan fingerprint density at radius 2 is 1.69 bits per heavy atom. The van der Waals surface area contributed by atoms with Crippen molar-refractivity contribution in [2.75, 3.05) is 21.2 Å². The van der Waals surface area contributed by atoms with Gasteiger partial charge in [0.15, 0.2) is 24.5 Å². The first-order valence-electron chi connectivity index (χ1n) is 20.3. The fraction of sp³-hybridized carbons (Fsp3) is 0.786. The number of carbonyl (C=O) groups excluding carboxylic acids is 5. The number of aliphatic hydroxyl groups is 2. The number of aldehydes is 1.